The average Bonchev–Trinajstić information content (AvgIpc) is 2.85. The number of hydrogen-bond donors (Lipinski definition) is 1. The minimum atomic E-state index is -4.33. The molecule has 2 aromatic carbocycles. The highest BCUT2D eigenvalue weighted by molar-refractivity contribution is 5.88. The third-order valence-corrected chi connectivity index (χ3v) is 7.29. The van der Waals surface area contributed by atoms with Gasteiger partial charge >= 0.3 is 6.18 Å². The molecular formula is C27H35ClF3N3O. The number of piperazine rings is 1. The Bertz CT molecular complexity index is 956. The first-order valence-electron chi connectivity index (χ1n) is 12.3. The van der Waals surface area contributed by atoms with Crippen LogP contribution in [-0.4, -0.2) is 49.6 Å². The number of hydrogen-bond acceptors (Lipinski definition) is 3. The summed E-state index contributed by atoms with van der Waals surface area (Å²) in [7, 11) is 0. The predicted octanol–water partition coefficient (Wildman–Crippen LogP) is 5.66. The molecule has 1 aliphatic carbocycles. The monoisotopic (exact) mass is 509 g/mol. The molecule has 1 unspecified atom stereocenters. The van der Waals surface area contributed by atoms with E-state index in [4.69, 9.17) is 0 Å². The fourth-order valence-electron chi connectivity index (χ4n) is 5.42. The van der Waals surface area contributed by atoms with Gasteiger partial charge in [-0.25, -0.2) is 0 Å². The van der Waals surface area contributed by atoms with Crippen molar-refractivity contribution >= 4 is 24.0 Å². The van der Waals surface area contributed by atoms with Crippen LogP contribution in [0.1, 0.15) is 50.2 Å². The summed E-state index contributed by atoms with van der Waals surface area (Å²) in [5.41, 5.74) is 0.654. The van der Waals surface area contributed by atoms with Crippen LogP contribution in [0.5, 0.6) is 0 Å². The Morgan fingerprint density at radius 1 is 0.971 bits per heavy atom. The fourth-order valence-corrected chi connectivity index (χ4v) is 5.42. The SMILES string of the molecule is CC(CN1CCN(c2cccc(C(F)(F)F)c2)CC1)NC(=O)C1(c2ccccc2)CCCCC1.Cl. The van der Waals surface area contributed by atoms with Crippen molar-refractivity contribution < 1.29 is 18.0 Å². The van der Waals surface area contributed by atoms with Crippen molar-refractivity contribution in [3.8, 4) is 0 Å². The second kappa shape index (κ2) is 11.7. The van der Waals surface area contributed by atoms with Crippen molar-refractivity contribution in [3.63, 3.8) is 0 Å². The molecule has 4 rings (SSSR count). The van der Waals surface area contributed by atoms with Gasteiger partial charge in [0, 0.05) is 44.5 Å². The first-order chi connectivity index (χ1) is 16.3. The Balaban J connectivity index is 0.00000342. The molecule has 1 saturated heterocycles. The van der Waals surface area contributed by atoms with Gasteiger partial charge in [0.1, 0.15) is 0 Å². The molecule has 1 saturated carbocycles. The first kappa shape index (κ1) is 27.3. The lowest BCUT2D eigenvalue weighted by molar-refractivity contribution is -0.137. The molecule has 4 nitrogen and oxygen atoms in total. The number of nitrogens with one attached hydrogen (secondary N) is 1. The minimum absolute atomic E-state index is 0. The molecule has 0 radical (unpaired) electrons. The van der Waals surface area contributed by atoms with Crippen molar-refractivity contribution in [2.75, 3.05) is 37.6 Å². The zero-order valence-electron chi connectivity index (χ0n) is 20.2. The second-order valence-corrected chi connectivity index (χ2v) is 9.72. The largest absolute Gasteiger partial charge is 0.416 e. The molecule has 1 amide bonds. The molecular weight excluding hydrogens is 475 g/mol. The summed E-state index contributed by atoms with van der Waals surface area (Å²) in [6.45, 7) is 5.60. The van der Waals surface area contributed by atoms with Gasteiger partial charge in [-0.1, -0.05) is 55.7 Å². The predicted molar refractivity (Wildman–Crippen MR) is 136 cm³/mol. The maximum Gasteiger partial charge on any atom is 0.416 e. The summed E-state index contributed by atoms with van der Waals surface area (Å²) in [6, 6.07) is 15.7. The van der Waals surface area contributed by atoms with E-state index < -0.39 is 17.2 Å². The number of benzene rings is 2. The average molecular weight is 510 g/mol. The van der Waals surface area contributed by atoms with Crippen molar-refractivity contribution in [1.82, 2.24) is 10.2 Å². The summed E-state index contributed by atoms with van der Waals surface area (Å²) in [5.74, 6) is 0.119. The van der Waals surface area contributed by atoms with Gasteiger partial charge in [0.25, 0.3) is 0 Å². The Hall–Kier alpha value is -2.25. The van der Waals surface area contributed by atoms with E-state index in [0.717, 1.165) is 56.9 Å². The minimum Gasteiger partial charge on any atom is -0.369 e. The normalized spacial score (nSPS) is 19.5. The Morgan fingerprint density at radius 3 is 2.26 bits per heavy atom. The molecule has 2 aliphatic rings. The van der Waals surface area contributed by atoms with E-state index in [1.807, 2.05) is 30.0 Å². The van der Waals surface area contributed by atoms with Gasteiger partial charge in [0.15, 0.2) is 0 Å². The Morgan fingerprint density at radius 2 is 1.63 bits per heavy atom. The van der Waals surface area contributed by atoms with Crippen molar-refractivity contribution in [2.24, 2.45) is 0 Å². The van der Waals surface area contributed by atoms with E-state index in [9.17, 15) is 18.0 Å². The lowest BCUT2D eigenvalue weighted by atomic mass is 9.68. The van der Waals surface area contributed by atoms with Gasteiger partial charge in [0.05, 0.1) is 11.0 Å². The summed E-state index contributed by atoms with van der Waals surface area (Å²) < 4.78 is 39.2. The maximum absolute atomic E-state index is 13.5. The van der Waals surface area contributed by atoms with E-state index in [0.29, 0.717) is 18.8 Å². The summed E-state index contributed by atoms with van der Waals surface area (Å²) in [6.07, 6.45) is 0.730. The number of halogens is 4. The third-order valence-electron chi connectivity index (χ3n) is 7.29. The third kappa shape index (κ3) is 6.50. The van der Waals surface area contributed by atoms with Gasteiger partial charge in [0.2, 0.25) is 5.91 Å². The van der Waals surface area contributed by atoms with Gasteiger partial charge in [-0.05, 0) is 43.5 Å². The quantitative estimate of drug-likeness (QED) is 0.546. The van der Waals surface area contributed by atoms with Crippen LogP contribution in [0.2, 0.25) is 0 Å². The Labute approximate surface area is 212 Å². The standard InChI is InChI=1S/C27H34F3N3O.ClH/c1-21(31-25(34)26(13-6-3-7-14-26)22-9-4-2-5-10-22)20-32-15-17-33(18-16-32)24-12-8-11-23(19-24)27(28,29)30;/h2,4-5,8-12,19,21H,3,6-7,13-18,20H2,1H3,(H,31,34);1H. The van der Waals surface area contributed by atoms with E-state index in [-0.39, 0.29) is 24.4 Å². The molecule has 2 aromatic rings. The molecule has 1 aliphatic heterocycles. The molecule has 0 spiro atoms. The van der Waals surface area contributed by atoms with Crippen molar-refractivity contribution in [2.45, 2.75) is 56.7 Å². The van der Waals surface area contributed by atoms with Crippen LogP contribution < -0.4 is 10.2 Å². The summed E-state index contributed by atoms with van der Waals surface area (Å²) in [4.78, 5) is 17.8. The van der Waals surface area contributed by atoms with Crippen LogP contribution in [0, 0.1) is 0 Å². The number of carbonyl (C=O) groups excluding carboxylic acids is 1. The van der Waals surface area contributed by atoms with E-state index in [1.54, 1.807) is 6.07 Å². The molecule has 1 N–H and O–H groups in total. The molecule has 8 heteroatoms. The number of rotatable bonds is 6. The molecule has 0 aromatic heterocycles. The number of nitrogens with zero attached hydrogens (tertiary/aromatic N) is 2. The lowest BCUT2D eigenvalue weighted by Crippen LogP contribution is -2.54. The van der Waals surface area contributed by atoms with Crippen LogP contribution >= 0.6 is 12.4 Å². The van der Waals surface area contributed by atoms with Crippen LogP contribution in [0.3, 0.4) is 0 Å². The maximum atomic E-state index is 13.5. The smallest absolute Gasteiger partial charge is 0.369 e. The van der Waals surface area contributed by atoms with Gasteiger partial charge in [-0.2, -0.15) is 13.2 Å². The van der Waals surface area contributed by atoms with Crippen LogP contribution in [0.25, 0.3) is 0 Å². The second-order valence-electron chi connectivity index (χ2n) is 9.72. The number of anilines is 1. The zero-order valence-corrected chi connectivity index (χ0v) is 21.0. The molecule has 0 bridgehead atoms. The Kier molecular flexibility index (Phi) is 9.11. The van der Waals surface area contributed by atoms with Gasteiger partial charge in [-0.15, -0.1) is 12.4 Å². The van der Waals surface area contributed by atoms with E-state index >= 15 is 0 Å². The lowest BCUT2D eigenvalue weighted by Gasteiger charge is -2.39. The first-order valence-corrected chi connectivity index (χ1v) is 12.3. The number of carbonyl (C=O) groups is 1. The van der Waals surface area contributed by atoms with Crippen LogP contribution in [-0.2, 0) is 16.4 Å². The zero-order chi connectivity index (χ0) is 24.2. The fraction of sp³-hybridized carbons (Fsp3) is 0.519. The summed E-state index contributed by atoms with van der Waals surface area (Å²) in [5, 5.41) is 3.28. The molecule has 1 atom stereocenters. The molecule has 192 valence electrons. The highest BCUT2D eigenvalue weighted by Gasteiger charge is 2.41. The number of alkyl halides is 3. The van der Waals surface area contributed by atoms with Crippen molar-refractivity contribution in [3.05, 3.63) is 65.7 Å². The van der Waals surface area contributed by atoms with Gasteiger partial charge in [-0.3, -0.25) is 9.69 Å². The van der Waals surface area contributed by atoms with Crippen LogP contribution in [0.15, 0.2) is 54.6 Å². The summed E-state index contributed by atoms with van der Waals surface area (Å²) >= 11 is 0. The number of amides is 1. The molecule has 2 fully saturated rings. The van der Waals surface area contributed by atoms with E-state index in [2.05, 4.69) is 22.3 Å². The van der Waals surface area contributed by atoms with Crippen molar-refractivity contribution in [1.29, 1.82) is 0 Å². The highest BCUT2D eigenvalue weighted by atomic mass is 35.5. The highest BCUT2D eigenvalue weighted by Crippen LogP contribution is 2.40. The van der Waals surface area contributed by atoms with E-state index in [1.165, 1.54) is 18.6 Å². The molecule has 1 heterocycles. The van der Waals surface area contributed by atoms with Crippen LogP contribution in [0.4, 0.5) is 18.9 Å². The molecule has 35 heavy (non-hydrogen) atoms. The topological polar surface area (TPSA) is 35.6 Å². The van der Waals surface area contributed by atoms with Gasteiger partial charge < -0.3 is 10.2 Å².